The van der Waals surface area contributed by atoms with Crippen molar-refractivity contribution in [3.05, 3.63) is 0 Å². The van der Waals surface area contributed by atoms with Gasteiger partial charge in [0.25, 0.3) is 0 Å². The van der Waals surface area contributed by atoms with E-state index in [1.54, 1.807) is 0 Å². The predicted molar refractivity (Wildman–Crippen MR) is 89.7 cm³/mol. The number of aliphatic hydroxyl groups is 1. The molecule has 0 radical (unpaired) electrons. The van der Waals surface area contributed by atoms with E-state index in [0.717, 1.165) is 38.7 Å². The smallest absolute Gasteiger partial charge is 0.159 e. The van der Waals surface area contributed by atoms with Gasteiger partial charge in [0, 0.05) is 6.61 Å². The minimum atomic E-state index is -1.49. The van der Waals surface area contributed by atoms with Gasteiger partial charge in [-0.15, -0.1) is 5.54 Å². The lowest BCUT2D eigenvalue weighted by Gasteiger charge is -2.34. The van der Waals surface area contributed by atoms with Crippen LogP contribution in [0, 0.1) is 11.5 Å². The Morgan fingerprint density at radius 3 is 2.62 bits per heavy atom. The van der Waals surface area contributed by atoms with E-state index in [0.29, 0.717) is 6.42 Å². The van der Waals surface area contributed by atoms with Gasteiger partial charge in [0.1, 0.15) is 14.2 Å². The molecule has 122 valence electrons. The zero-order valence-electron chi connectivity index (χ0n) is 14.4. The van der Waals surface area contributed by atoms with Crippen molar-refractivity contribution in [2.24, 2.45) is 0 Å². The van der Waals surface area contributed by atoms with Crippen LogP contribution in [0.4, 0.5) is 0 Å². The van der Waals surface area contributed by atoms with Crippen molar-refractivity contribution < 1.29 is 14.6 Å². The van der Waals surface area contributed by atoms with Crippen LogP contribution in [0.5, 0.6) is 0 Å². The normalized spacial score (nSPS) is 23.8. The molecular weight excluding hydrogens is 280 g/mol. The van der Waals surface area contributed by atoms with Crippen LogP contribution in [0.15, 0.2) is 0 Å². The first-order valence-electron chi connectivity index (χ1n) is 8.27. The molecule has 0 aliphatic carbocycles. The Bertz CT molecular complexity index is 356. The zero-order valence-corrected chi connectivity index (χ0v) is 15.4. The lowest BCUT2D eigenvalue weighted by Crippen LogP contribution is -2.43. The summed E-state index contributed by atoms with van der Waals surface area (Å²) in [7, 11) is -1.49. The SMILES string of the molecule is CCCCC(C)(O)C(C#C[Si](C)(C)C)OC1CCCCO1. The Labute approximate surface area is 131 Å². The summed E-state index contributed by atoms with van der Waals surface area (Å²) in [5.41, 5.74) is 2.43. The molecule has 3 unspecified atom stereocenters. The molecule has 0 aromatic rings. The van der Waals surface area contributed by atoms with Gasteiger partial charge < -0.3 is 14.6 Å². The highest BCUT2D eigenvalue weighted by Gasteiger charge is 2.34. The standard InChI is InChI=1S/C17H32O3Si/c1-6-7-12-17(2,18)15(11-14-21(3,4)5)20-16-10-8-9-13-19-16/h15-16,18H,6-10,12-13H2,1-5H3. The zero-order chi connectivity index (χ0) is 15.9. The lowest BCUT2D eigenvalue weighted by atomic mass is 9.93. The van der Waals surface area contributed by atoms with Crippen LogP contribution in [0.25, 0.3) is 0 Å². The van der Waals surface area contributed by atoms with Crippen molar-refractivity contribution in [2.75, 3.05) is 6.61 Å². The second kappa shape index (κ2) is 8.33. The molecule has 1 rings (SSSR count). The largest absolute Gasteiger partial charge is 0.386 e. The maximum absolute atomic E-state index is 10.8. The van der Waals surface area contributed by atoms with Gasteiger partial charge in [-0.3, -0.25) is 0 Å². The Balaban J connectivity index is 2.79. The van der Waals surface area contributed by atoms with Crippen molar-refractivity contribution in [1.29, 1.82) is 0 Å². The summed E-state index contributed by atoms with van der Waals surface area (Å²) in [5, 5.41) is 10.8. The van der Waals surface area contributed by atoms with E-state index in [9.17, 15) is 5.11 Å². The molecule has 0 spiro atoms. The van der Waals surface area contributed by atoms with Crippen molar-refractivity contribution >= 4 is 8.07 Å². The average Bonchev–Trinajstić information content (AvgIpc) is 2.41. The summed E-state index contributed by atoms with van der Waals surface area (Å²) < 4.78 is 11.7. The predicted octanol–water partition coefficient (Wildman–Crippen LogP) is 3.72. The maximum Gasteiger partial charge on any atom is 0.159 e. The Morgan fingerprint density at radius 2 is 2.10 bits per heavy atom. The first kappa shape index (κ1) is 18.7. The molecule has 1 aliphatic heterocycles. The molecule has 1 saturated heterocycles. The van der Waals surface area contributed by atoms with Gasteiger partial charge in [0.2, 0.25) is 0 Å². The van der Waals surface area contributed by atoms with Gasteiger partial charge in [-0.1, -0.05) is 45.3 Å². The second-order valence-corrected chi connectivity index (χ2v) is 12.0. The van der Waals surface area contributed by atoms with Gasteiger partial charge >= 0.3 is 0 Å². The monoisotopic (exact) mass is 312 g/mol. The van der Waals surface area contributed by atoms with Crippen molar-refractivity contribution in [2.45, 2.75) is 90.0 Å². The van der Waals surface area contributed by atoms with Crippen LogP contribution in [-0.2, 0) is 9.47 Å². The minimum Gasteiger partial charge on any atom is -0.386 e. The third kappa shape index (κ3) is 7.46. The number of hydrogen-bond donors (Lipinski definition) is 1. The molecule has 1 aliphatic rings. The second-order valence-electron chi connectivity index (χ2n) is 7.29. The van der Waals surface area contributed by atoms with E-state index in [-0.39, 0.29) is 6.29 Å². The quantitative estimate of drug-likeness (QED) is 0.600. The highest BCUT2D eigenvalue weighted by molar-refractivity contribution is 6.83. The summed E-state index contributed by atoms with van der Waals surface area (Å²) in [5.74, 6) is 3.22. The first-order valence-corrected chi connectivity index (χ1v) is 11.8. The average molecular weight is 313 g/mol. The molecule has 0 aromatic heterocycles. The number of ether oxygens (including phenoxy) is 2. The Hall–Kier alpha value is -0.343. The number of hydrogen-bond acceptors (Lipinski definition) is 3. The highest BCUT2D eigenvalue weighted by atomic mass is 28.3. The van der Waals surface area contributed by atoms with Crippen molar-refractivity contribution in [1.82, 2.24) is 0 Å². The van der Waals surface area contributed by atoms with Gasteiger partial charge in [0.05, 0.1) is 5.60 Å². The molecule has 0 aromatic carbocycles. The maximum atomic E-state index is 10.8. The highest BCUT2D eigenvalue weighted by Crippen LogP contribution is 2.25. The summed E-state index contributed by atoms with van der Waals surface area (Å²) >= 11 is 0. The van der Waals surface area contributed by atoms with E-state index in [1.807, 2.05) is 6.92 Å². The molecule has 4 heteroatoms. The van der Waals surface area contributed by atoms with Crippen molar-refractivity contribution in [3.8, 4) is 11.5 Å². The van der Waals surface area contributed by atoms with Gasteiger partial charge in [-0.25, -0.2) is 0 Å². The van der Waals surface area contributed by atoms with E-state index in [2.05, 4.69) is 38.0 Å². The van der Waals surface area contributed by atoms with Crippen LogP contribution in [-0.4, -0.2) is 37.8 Å². The molecule has 0 amide bonds. The Morgan fingerprint density at radius 1 is 1.38 bits per heavy atom. The molecule has 1 fully saturated rings. The fraction of sp³-hybridized carbons (Fsp3) is 0.882. The van der Waals surface area contributed by atoms with Crippen LogP contribution < -0.4 is 0 Å². The van der Waals surface area contributed by atoms with Gasteiger partial charge in [-0.2, -0.15) is 0 Å². The van der Waals surface area contributed by atoms with Gasteiger partial charge in [0.15, 0.2) is 6.29 Å². The summed E-state index contributed by atoms with van der Waals surface area (Å²) in [6, 6.07) is 0. The van der Waals surface area contributed by atoms with E-state index in [4.69, 9.17) is 9.47 Å². The van der Waals surface area contributed by atoms with Crippen LogP contribution in [0.2, 0.25) is 19.6 Å². The van der Waals surface area contributed by atoms with Crippen LogP contribution in [0.1, 0.15) is 52.4 Å². The topological polar surface area (TPSA) is 38.7 Å². The van der Waals surface area contributed by atoms with E-state index < -0.39 is 19.8 Å². The van der Waals surface area contributed by atoms with Gasteiger partial charge in [-0.05, 0) is 32.6 Å². The summed E-state index contributed by atoms with van der Waals surface area (Å²) in [4.78, 5) is 0. The molecule has 1 N–H and O–H groups in total. The van der Waals surface area contributed by atoms with Crippen molar-refractivity contribution in [3.63, 3.8) is 0 Å². The van der Waals surface area contributed by atoms with Crippen LogP contribution >= 0.6 is 0 Å². The third-order valence-electron chi connectivity index (χ3n) is 3.61. The Kier molecular flexibility index (Phi) is 7.42. The molecule has 0 bridgehead atoms. The van der Waals surface area contributed by atoms with E-state index >= 15 is 0 Å². The fourth-order valence-corrected chi connectivity index (χ4v) is 2.82. The molecule has 3 atom stereocenters. The first-order chi connectivity index (χ1) is 9.74. The molecular formula is C17H32O3Si. The lowest BCUT2D eigenvalue weighted by molar-refractivity contribution is -0.210. The summed E-state index contributed by atoms with van der Waals surface area (Å²) in [6.07, 6.45) is 5.19. The molecule has 0 saturated carbocycles. The molecule has 21 heavy (non-hydrogen) atoms. The van der Waals surface area contributed by atoms with E-state index in [1.165, 1.54) is 0 Å². The van der Waals surface area contributed by atoms with Crippen LogP contribution in [0.3, 0.4) is 0 Å². The number of rotatable bonds is 6. The molecule has 1 heterocycles. The minimum absolute atomic E-state index is 0.215. The number of unbranched alkanes of at least 4 members (excludes halogenated alkanes) is 1. The summed E-state index contributed by atoms with van der Waals surface area (Å²) in [6.45, 7) is 11.3. The fourth-order valence-electron chi connectivity index (χ4n) is 2.25. The molecule has 3 nitrogen and oxygen atoms in total. The third-order valence-corrected chi connectivity index (χ3v) is 4.50.